The van der Waals surface area contributed by atoms with Crippen molar-refractivity contribution in [1.29, 1.82) is 0 Å². The van der Waals surface area contributed by atoms with Crippen molar-refractivity contribution < 1.29 is 45.1 Å². The number of alkyl halides is 6. The van der Waals surface area contributed by atoms with Crippen molar-refractivity contribution in [3.8, 4) is 0 Å². The number of piperidine rings is 1. The van der Waals surface area contributed by atoms with E-state index < -0.39 is 59.4 Å². The molecule has 38 heavy (non-hydrogen) atoms. The van der Waals surface area contributed by atoms with Crippen LogP contribution in [0, 0.1) is 11.7 Å². The summed E-state index contributed by atoms with van der Waals surface area (Å²) >= 11 is 0. The summed E-state index contributed by atoms with van der Waals surface area (Å²) in [4.78, 5) is 26.8. The molecule has 0 saturated carbocycles. The number of nitrogens with one attached hydrogen (secondary N) is 1. The average Bonchev–Trinajstić information content (AvgIpc) is 3.21. The Hall–Kier alpha value is -3.15. The standard InChI is InChI=1S/C26H25F7N2O3/c1-13(15-7-17(25(28,29)30)11-18(8-15)26(31,32)33)38-21-12-35-20(9-16(10-22(35)36)24(37)34-2)23(21)14-3-5-19(27)6-4-14/h3-8,11,13,16,20-21,23H,9-10,12H2,1-2H3,(H,34,37)/t13-,16?,20+,21+,23+/m1/s1. The molecule has 0 bridgehead atoms. The fourth-order valence-electron chi connectivity index (χ4n) is 5.36. The second kappa shape index (κ2) is 10.2. The van der Waals surface area contributed by atoms with Gasteiger partial charge in [0.1, 0.15) is 5.82 Å². The van der Waals surface area contributed by atoms with Gasteiger partial charge in [-0.2, -0.15) is 26.3 Å². The van der Waals surface area contributed by atoms with E-state index in [9.17, 15) is 40.3 Å². The lowest BCUT2D eigenvalue weighted by Gasteiger charge is -2.36. The van der Waals surface area contributed by atoms with Gasteiger partial charge in [0.15, 0.2) is 0 Å². The molecule has 206 valence electrons. The van der Waals surface area contributed by atoms with Gasteiger partial charge in [0.2, 0.25) is 11.8 Å². The van der Waals surface area contributed by atoms with Gasteiger partial charge in [0.05, 0.1) is 23.3 Å². The number of rotatable bonds is 5. The van der Waals surface area contributed by atoms with Crippen LogP contribution in [0.1, 0.15) is 54.0 Å². The van der Waals surface area contributed by atoms with E-state index in [0.717, 1.165) is 0 Å². The Labute approximate surface area is 213 Å². The number of fused-ring (bicyclic) bond motifs is 1. The minimum Gasteiger partial charge on any atom is -0.368 e. The van der Waals surface area contributed by atoms with Crippen molar-refractivity contribution in [2.45, 2.75) is 56.3 Å². The molecule has 2 aliphatic heterocycles. The predicted octanol–water partition coefficient (Wildman–Crippen LogP) is 5.46. The van der Waals surface area contributed by atoms with E-state index in [0.29, 0.717) is 17.7 Å². The van der Waals surface area contributed by atoms with E-state index in [1.165, 1.54) is 43.1 Å². The SMILES string of the molecule is CNC(=O)C1CC(=O)N2C[C@H](O[C@H](C)c3cc(C(F)(F)F)cc(C(F)(F)F)c3)[C@@H](c3ccc(F)cc3)[C@@H]2C1. The summed E-state index contributed by atoms with van der Waals surface area (Å²) < 4.78 is 100.0. The van der Waals surface area contributed by atoms with Crippen molar-refractivity contribution in [3.63, 3.8) is 0 Å². The van der Waals surface area contributed by atoms with Crippen LogP contribution in [0.4, 0.5) is 30.7 Å². The summed E-state index contributed by atoms with van der Waals surface area (Å²) in [6.07, 6.45) is -11.8. The maximum absolute atomic E-state index is 13.6. The normalized spacial score (nSPS) is 24.8. The zero-order valence-electron chi connectivity index (χ0n) is 20.4. The minimum atomic E-state index is -5.01. The molecule has 0 aromatic heterocycles. The van der Waals surface area contributed by atoms with Crippen molar-refractivity contribution >= 4 is 11.8 Å². The van der Waals surface area contributed by atoms with E-state index in [4.69, 9.17) is 4.74 Å². The molecule has 2 amide bonds. The molecule has 1 N–H and O–H groups in total. The van der Waals surface area contributed by atoms with Gasteiger partial charge in [-0.25, -0.2) is 4.39 Å². The first kappa shape index (κ1) is 27.9. The highest BCUT2D eigenvalue weighted by Gasteiger charge is 2.50. The number of amides is 2. The molecule has 0 radical (unpaired) electrons. The molecule has 2 aliphatic rings. The van der Waals surface area contributed by atoms with Gasteiger partial charge in [-0.15, -0.1) is 0 Å². The predicted molar refractivity (Wildman–Crippen MR) is 121 cm³/mol. The Morgan fingerprint density at radius 2 is 1.61 bits per heavy atom. The Morgan fingerprint density at radius 1 is 1.03 bits per heavy atom. The van der Waals surface area contributed by atoms with E-state index in [1.54, 1.807) is 0 Å². The van der Waals surface area contributed by atoms with Crippen LogP contribution in [0.5, 0.6) is 0 Å². The van der Waals surface area contributed by atoms with Crippen molar-refractivity contribution in [1.82, 2.24) is 10.2 Å². The summed E-state index contributed by atoms with van der Waals surface area (Å²) in [5.74, 6) is -2.37. The second-order valence-corrected chi connectivity index (χ2v) is 9.60. The van der Waals surface area contributed by atoms with Crippen LogP contribution in [0.25, 0.3) is 0 Å². The molecule has 5 atom stereocenters. The largest absolute Gasteiger partial charge is 0.416 e. The molecule has 12 heteroatoms. The van der Waals surface area contributed by atoms with Crippen LogP contribution in [0.15, 0.2) is 42.5 Å². The number of carbonyl (C=O) groups is 2. The summed E-state index contributed by atoms with van der Waals surface area (Å²) in [7, 11) is 1.45. The molecule has 2 aromatic rings. The quantitative estimate of drug-likeness (QED) is 0.507. The molecule has 0 spiro atoms. The zero-order chi connectivity index (χ0) is 28.0. The summed E-state index contributed by atoms with van der Waals surface area (Å²) in [5.41, 5.74) is -2.67. The van der Waals surface area contributed by atoms with Gasteiger partial charge in [0.25, 0.3) is 0 Å². The Balaban J connectivity index is 1.69. The Kier molecular flexibility index (Phi) is 7.48. The van der Waals surface area contributed by atoms with Gasteiger partial charge in [-0.1, -0.05) is 12.1 Å². The lowest BCUT2D eigenvalue weighted by molar-refractivity contribution is -0.143. The topological polar surface area (TPSA) is 58.6 Å². The number of carbonyl (C=O) groups excluding carboxylic acids is 2. The number of hydrogen-bond donors (Lipinski definition) is 1. The van der Waals surface area contributed by atoms with Crippen molar-refractivity contribution in [2.24, 2.45) is 5.92 Å². The molecule has 2 saturated heterocycles. The fourth-order valence-corrected chi connectivity index (χ4v) is 5.36. The number of halogens is 7. The van der Waals surface area contributed by atoms with Gasteiger partial charge in [-0.05, 0) is 54.8 Å². The molecular weight excluding hydrogens is 521 g/mol. The molecule has 0 aliphatic carbocycles. The smallest absolute Gasteiger partial charge is 0.368 e. The lowest BCUT2D eigenvalue weighted by atomic mass is 9.81. The highest BCUT2D eigenvalue weighted by molar-refractivity contribution is 5.87. The lowest BCUT2D eigenvalue weighted by Crippen LogP contribution is -2.47. The maximum atomic E-state index is 13.6. The Bertz CT molecular complexity index is 1160. The summed E-state index contributed by atoms with van der Waals surface area (Å²) in [6.45, 7) is 1.35. The van der Waals surface area contributed by atoms with Crippen LogP contribution in [-0.2, 0) is 26.7 Å². The minimum absolute atomic E-state index is 0.0153. The molecule has 5 nitrogen and oxygen atoms in total. The molecule has 1 unspecified atom stereocenters. The summed E-state index contributed by atoms with van der Waals surface area (Å²) in [5, 5.41) is 2.52. The summed E-state index contributed by atoms with van der Waals surface area (Å²) in [6, 6.07) is 6.14. The molecule has 4 rings (SSSR count). The first-order valence-corrected chi connectivity index (χ1v) is 11.9. The van der Waals surface area contributed by atoms with Crippen LogP contribution >= 0.6 is 0 Å². The maximum Gasteiger partial charge on any atom is 0.416 e. The second-order valence-electron chi connectivity index (χ2n) is 9.60. The van der Waals surface area contributed by atoms with E-state index in [-0.39, 0.29) is 42.8 Å². The number of nitrogens with zero attached hydrogens (tertiary/aromatic N) is 1. The van der Waals surface area contributed by atoms with Gasteiger partial charge in [-0.3, -0.25) is 9.59 Å². The van der Waals surface area contributed by atoms with Gasteiger partial charge in [0, 0.05) is 37.9 Å². The molecule has 2 fully saturated rings. The van der Waals surface area contributed by atoms with Gasteiger partial charge >= 0.3 is 12.4 Å². The number of benzene rings is 2. The fraction of sp³-hybridized carbons (Fsp3) is 0.462. The third-order valence-electron chi connectivity index (χ3n) is 7.19. The number of hydrogen-bond acceptors (Lipinski definition) is 3. The van der Waals surface area contributed by atoms with Crippen LogP contribution < -0.4 is 5.32 Å². The highest BCUT2D eigenvalue weighted by atomic mass is 19.4. The Morgan fingerprint density at radius 3 is 2.13 bits per heavy atom. The molecule has 2 heterocycles. The van der Waals surface area contributed by atoms with Crippen molar-refractivity contribution in [3.05, 3.63) is 70.5 Å². The third kappa shape index (κ3) is 5.64. The zero-order valence-corrected chi connectivity index (χ0v) is 20.4. The number of ether oxygens (including phenoxy) is 1. The highest BCUT2D eigenvalue weighted by Crippen LogP contribution is 2.44. The van der Waals surface area contributed by atoms with E-state index >= 15 is 0 Å². The first-order valence-electron chi connectivity index (χ1n) is 11.9. The van der Waals surface area contributed by atoms with Crippen LogP contribution in [0.3, 0.4) is 0 Å². The van der Waals surface area contributed by atoms with E-state index in [2.05, 4.69) is 5.32 Å². The van der Waals surface area contributed by atoms with E-state index in [1.807, 2.05) is 0 Å². The average molecular weight is 546 g/mol. The first-order chi connectivity index (χ1) is 17.7. The monoisotopic (exact) mass is 546 g/mol. The van der Waals surface area contributed by atoms with Crippen LogP contribution in [-0.4, -0.2) is 42.5 Å². The third-order valence-corrected chi connectivity index (χ3v) is 7.19. The molecule has 2 aromatic carbocycles. The van der Waals surface area contributed by atoms with Gasteiger partial charge < -0.3 is 15.0 Å². The molecular formula is C26H25F7N2O3. The van der Waals surface area contributed by atoms with Crippen molar-refractivity contribution in [2.75, 3.05) is 13.6 Å². The van der Waals surface area contributed by atoms with Crippen LogP contribution in [0.2, 0.25) is 0 Å².